The molecular formula is C34H21N3S. The van der Waals surface area contributed by atoms with Crippen LogP contribution < -0.4 is 0 Å². The molecule has 3 aromatic heterocycles. The summed E-state index contributed by atoms with van der Waals surface area (Å²) in [5.41, 5.74) is 4.40. The zero-order valence-electron chi connectivity index (χ0n) is 20.4. The Kier molecular flexibility index (Phi) is 4.69. The van der Waals surface area contributed by atoms with Gasteiger partial charge in [-0.1, -0.05) is 84.9 Å². The summed E-state index contributed by atoms with van der Waals surface area (Å²) in [5.74, 6) is 0. The highest BCUT2D eigenvalue weighted by Crippen LogP contribution is 2.37. The van der Waals surface area contributed by atoms with E-state index < -0.39 is 0 Å². The first-order valence-electron chi connectivity index (χ1n) is 12.7. The molecule has 0 N–H and O–H groups in total. The van der Waals surface area contributed by atoms with Gasteiger partial charge in [0.1, 0.15) is 6.33 Å². The van der Waals surface area contributed by atoms with Crippen LogP contribution in [0.4, 0.5) is 0 Å². The van der Waals surface area contributed by atoms with Crippen LogP contribution in [0.25, 0.3) is 69.3 Å². The van der Waals surface area contributed by atoms with Crippen molar-refractivity contribution in [2.45, 2.75) is 0 Å². The third-order valence-electron chi connectivity index (χ3n) is 7.39. The van der Waals surface area contributed by atoms with Gasteiger partial charge in [0.25, 0.3) is 0 Å². The molecule has 0 amide bonds. The lowest BCUT2D eigenvalue weighted by Gasteiger charge is -2.14. The highest BCUT2D eigenvalue weighted by molar-refractivity contribution is 7.25. The van der Waals surface area contributed by atoms with E-state index in [0.29, 0.717) is 0 Å². The molecule has 0 saturated carbocycles. The number of benzene rings is 5. The number of aromatic nitrogens is 3. The molecule has 0 fully saturated rings. The van der Waals surface area contributed by atoms with Crippen LogP contribution in [0.1, 0.15) is 0 Å². The molecule has 178 valence electrons. The van der Waals surface area contributed by atoms with Gasteiger partial charge >= 0.3 is 0 Å². The van der Waals surface area contributed by atoms with Crippen LogP contribution in [0.5, 0.6) is 0 Å². The van der Waals surface area contributed by atoms with Crippen LogP contribution in [0.15, 0.2) is 128 Å². The van der Waals surface area contributed by atoms with Crippen LogP contribution >= 0.6 is 11.3 Å². The lowest BCUT2D eigenvalue weighted by Crippen LogP contribution is -1.97. The molecule has 0 unspecified atom stereocenters. The van der Waals surface area contributed by atoms with Crippen LogP contribution in [0, 0.1) is 0 Å². The third kappa shape index (κ3) is 3.14. The van der Waals surface area contributed by atoms with Crippen molar-refractivity contribution in [1.29, 1.82) is 0 Å². The molecule has 8 rings (SSSR count). The fourth-order valence-corrected chi connectivity index (χ4v) is 6.76. The summed E-state index contributed by atoms with van der Waals surface area (Å²) < 4.78 is 4.73. The molecule has 4 heteroatoms. The Morgan fingerprint density at radius 3 is 1.63 bits per heavy atom. The van der Waals surface area contributed by atoms with Gasteiger partial charge < -0.3 is 4.57 Å². The Labute approximate surface area is 222 Å². The van der Waals surface area contributed by atoms with Crippen molar-refractivity contribution in [3.63, 3.8) is 0 Å². The topological polar surface area (TPSA) is 30.7 Å². The van der Waals surface area contributed by atoms with E-state index in [0.717, 1.165) is 32.3 Å². The Balaban J connectivity index is 1.68. The van der Waals surface area contributed by atoms with E-state index in [1.807, 2.05) is 6.20 Å². The van der Waals surface area contributed by atoms with Crippen molar-refractivity contribution in [3.05, 3.63) is 128 Å². The summed E-state index contributed by atoms with van der Waals surface area (Å²) in [5, 5.41) is 8.48. The molecular weight excluding hydrogens is 482 g/mol. The third-order valence-corrected chi connectivity index (χ3v) is 8.48. The van der Waals surface area contributed by atoms with E-state index in [1.165, 1.54) is 37.0 Å². The normalized spacial score (nSPS) is 11.7. The van der Waals surface area contributed by atoms with Gasteiger partial charge in [0, 0.05) is 32.7 Å². The number of thiophene rings is 1. The van der Waals surface area contributed by atoms with E-state index in [1.54, 1.807) is 17.7 Å². The van der Waals surface area contributed by atoms with Crippen molar-refractivity contribution >= 4 is 75.0 Å². The second-order valence-corrected chi connectivity index (χ2v) is 10.6. The zero-order valence-corrected chi connectivity index (χ0v) is 21.2. The van der Waals surface area contributed by atoms with Gasteiger partial charge in [-0.2, -0.15) is 0 Å². The summed E-state index contributed by atoms with van der Waals surface area (Å²) in [6, 6.07) is 41.7. The average Bonchev–Trinajstić information content (AvgIpc) is 3.37. The minimum Gasteiger partial charge on any atom is -0.309 e. The standard InChI is InChI=1S/C34H21N3S/c1-3-11-25-23(9-1)24-10-2-4-12-26(24)28-14-6-8-16-31(28)37(30-15-7-5-13-27(25)30)22-17-18-32-29(19-22)34-33(38-32)20-35-21-36-34/h1-21H. The molecule has 5 aromatic carbocycles. The minimum atomic E-state index is 1.00. The quantitative estimate of drug-likeness (QED) is 0.223. The zero-order chi connectivity index (χ0) is 25.1. The van der Waals surface area contributed by atoms with Gasteiger partial charge in [0.2, 0.25) is 0 Å². The Morgan fingerprint density at radius 1 is 0.500 bits per heavy atom. The molecule has 0 radical (unpaired) electrons. The molecule has 0 saturated heterocycles. The van der Waals surface area contributed by atoms with Crippen molar-refractivity contribution in [2.24, 2.45) is 0 Å². The maximum Gasteiger partial charge on any atom is 0.116 e. The van der Waals surface area contributed by atoms with Crippen molar-refractivity contribution in [1.82, 2.24) is 14.5 Å². The molecule has 0 atom stereocenters. The number of hydrogen-bond donors (Lipinski definition) is 0. The first-order chi connectivity index (χ1) is 18.9. The second-order valence-electron chi connectivity index (χ2n) is 9.48. The average molecular weight is 504 g/mol. The van der Waals surface area contributed by atoms with Crippen molar-refractivity contribution < 1.29 is 0 Å². The molecule has 3 heterocycles. The molecule has 0 spiro atoms. The first kappa shape index (κ1) is 21.3. The van der Waals surface area contributed by atoms with Gasteiger partial charge in [-0.15, -0.1) is 11.3 Å². The number of nitrogens with zero attached hydrogens (tertiary/aromatic N) is 3. The van der Waals surface area contributed by atoms with Gasteiger partial charge in [0.05, 0.1) is 21.3 Å². The predicted molar refractivity (Wildman–Crippen MR) is 162 cm³/mol. The SMILES string of the molecule is c1ccc2c(c1)c1ccccc1c1ccccc1n(-c1ccc3sc4cncnc4c3c1)c1ccccc21. The molecule has 38 heavy (non-hydrogen) atoms. The monoisotopic (exact) mass is 503 g/mol. The Hall–Kier alpha value is -4.80. The van der Waals surface area contributed by atoms with Gasteiger partial charge in [-0.3, -0.25) is 0 Å². The fourth-order valence-electron chi connectivity index (χ4n) is 5.75. The molecule has 0 aliphatic carbocycles. The highest BCUT2D eigenvalue weighted by atomic mass is 32.1. The predicted octanol–water partition coefficient (Wildman–Crippen LogP) is 9.37. The van der Waals surface area contributed by atoms with Crippen molar-refractivity contribution in [3.8, 4) is 5.69 Å². The van der Waals surface area contributed by atoms with E-state index in [2.05, 4.69) is 130 Å². The summed E-state index contributed by atoms with van der Waals surface area (Å²) in [6.07, 6.45) is 3.55. The second kappa shape index (κ2) is 8.37. The smallest absolute Gasteiger partial charge is 0.116 e. The van der Waals surface area contributed by atoms with Crippen LogP contribution in [-0.2, 0) is 0 Å². The van der Waals surface area contributed by atoms with Gasteiger partial charge in [0.15, 0.2) is 0 Å². The van der Waals surface area contributed by atoms with Gasteiger partial charge in [-0.25, -0.2) is 9.97 Å². The number of rotatable bonds is 1. The number of para-hydroxylation sites is 2. The van der Waals surface area contributed by atoms with Crippen molar-refractivity contribution in [2.75, 3.05) is 0 Å². The van der Waals surface area contributed by atoms with Gasteiger partial charge in [-0.05, 0) is 51.9 Å². The van der Waals surface area contributed by atoms with Crippen LogP contribution in [0.3, 0.4) is 0 Å². The summed E-state index contributed by atoms with van der Waals surface area (Å²) in [4.78, 5) is 8.88. The van der Waals surface area contributed by atoms with E-state index >= 15 is 0 Å². The Bertz CT molecular complexity index is 2150. The maximum atomic E-state index is 4.63. The summed E-state index contributed by atoms with van der Waals surface area (Å²) in [6.45, 7) is 0. The number of fused-ring (bicyclic) bond motifs is 10. The van der Waals surface area contributed by atoms with Crippen LogP contribution in [-0.4, -0.2) is 14.5 Å². The highest BCUT2D eigenvalue weighted by Gasteiger charge is 2.12. The van der Waals surface area contributed by atoms with E-state index in [-0.39, 0.29) is 0 Å². The summed E-state index contributed by atoms with van der Waals surface area (Å²) >= 11 is 1.74. The molecule has 0 bridgehead atoms. The van der Waals surface area contributed by atoms with E-state index in [4.69, 9.17) is 0 Å². The molecule has 3 nitrogen and oxygen atoms in total. The molecule has 0 aliphatic rings. The number of hydrogen-bond acceptors (Lipinski definition) is 3. The molecule has 8 aromatic rings. The maximum absolute atomic E-state index is 4.63. The fraction of sp³-hybridized carbons (Fsp3) is 0. The summed E-state index contributed by atoms with van der Waals surface area (Å²) in [7, 11) is 0. The minimum absolute atomic E-state index is 1.00. The first-order valence-corrected chi connectivity index (χ1v) is 13.5. The molecule has 0 aliphatic heterocycles. The lowest BCUT2D eigenvalue weighted by molar-refractivity contribution is 1.18. The lowest BCUT2D eigenvalue weighted by atomic mass is 10.0. The Morgan fingerprint density at radius 2 is 1.03 bits per heavy atom. The van der Waals surface area contributed by atoms with Crippen LogP contribution in [0.2, 0.25) is 0 Å². The van der Waals surface area contributed by atoms with E-state index in [9.17, 15) is 0 Å². The largest absolute Gasteiger partial charge is 0.309 e.